The highest BCUT2D eigenvalue weighted by Gasteiger charge is 2.14. The minimum Gasteiger partial charge on any atom is -0.383 e. The van der Waals surface area contributed by atoms with E-state index in [0.717, 1.165) is 0 Å². The second-order valence-electron chi connectivity index (χ2n) is 5.22. The van der Waals surface area contributed by atoms with Crippen LogP contribution in [0.15, 0.2) is 36.5 Å². The largest absolute Gasteiger partial charge is 0.383 e. The summed E-state index contributed by atoms with van der Waals surface area (Å²) in [4.78, 5) is 28.4. The van der Waals surface area contributed by atoms with Crippen LogP contribution in [0.5, 0.6) is 0 Å². The topological polar surface area (TPSA) is 104 Å². The first-order valence-corrected chi connectivity index (χ1v) is 7.61. The van der Waals surface area contributed by atoms with Crippen molar-refractivity contribution >= 4 is 17.5 Å². The molecule has 0 saturated heterocycles. The molecule has 1 aromatic carbocycles. The van der Waals surface area contributed by atoms with Crippen LogP contribution in [0.2, 0.25) is 0 Å². The normalized spacial score (nSPS) is 9.96. The Bertz CT molecular complexity index is 810. The molecule has 1 aromatic heterocycles. The number of anilines is 1. The molecule has 7 heteroatoms. The minimum atomic E-state index is -0.364. The van der Waals surface area contributed by atoms with Crippen molar-refractivity contribution in [3.05, 3.63) is 58.9 Å². The number of carbonyl (C=O) groups is 2. The summed E-state index contributed by atoms with van der Waals surface area (Å²) in [5.74, 6) is -0.595. The van der Waals surface area contributed by atoms with Crippen molar-refractivity contribution in [1.82, 2.24) is 10.3 Å². The molecule has 0 bridgehead atoms. The van der Waals surface area contributed by atoms with Crippen molar-refractivity contribution in [3.8, 4) is 6.07 Å². The summed E-state index contributed by atoms with van der Waals surface area (Å²) in [6, 6.07) is 10.0. The van der Waals surface area contributed by atoms with Crippen LogP contribution < -0.4 is 10.6 Å². The number of amides is 2. The number of nitriles is 1. The Morgan fingerprint density at radius 1 is 1.24 bits per heavy atom. The van der Waals surface area contributed by atoms with Gasteiger partial charge >= 0.3 is 0 Å². The fourth-order valence-electron chi connectivity index (χ4n) is 2.17. The molecule has 0 aliphatic carbocycles. The number of methoxy groups -OCH3 is 1. The Kier molecular flexibility index (Phi) is 6.20. The molecule has 128 valence electrons. The van der Waals surface area contributed by atoms with Gasteiger partial charge in [-0.2, -0.15) is 5.26 Å². The maximum absolute atomic E-state index is 12.3. The van der Waals surface area contributed by atoms with E-state index in [1.54, 1.807) is 32.2 Å². The maximum atomic E-state index is 12.3. The van der Waals surface area contributed by atoms with E-state index in [1.807, 2.05) is 6.07 Å². The minimum absolute atomic E-state index is 0.231. The summed E-state index contributed by atoms with van der Waals surface area (Å²) < 4.78 is 4.90. The molecule has 2 N–H and O–H groups in total. The third-order valence-electron chi connectivity index (χ3n) is 3.56. The number of nitrogens with one attached hydrogen (secondary N) is 2. The number of hydrogen-bond acceptors (Lipinski definition) is 5. The van der Waals surface area contributed by atoms with Gasteiger partial charge in [0.1, 0.15) is 11.8 Å². The van der Waals surface area contributed by atoms with E-state index in [1.165, 1.54) is 18.3 Å². The molecule has 0 spiro atoms. The molecular formula is C18H18N4O3. The molecule has 25 heavy (non-hydrogen) atoms. The Labute approximate surface area is 145 Å². The average molecular weight is 338 g/mol. The third-order valence-corrected chi connectivity index (χ3v) is 3.56. The van der Waals surface area contributed by atoms with Crippen LogP contribution >= 0.6 is 0 Å². The van der Waals surface area contributed by atoms with Gasteiger partial charge in [0.05, 0.1) is 12.2 Å². The van der Waals surface area contributed by atoms with Crippen molar-refractivity contribution in [1.29, 1.82) is 5.26 Å². The van der Waals surface area contributed by atoms with Gasteiger partial charge in [-0.25, -0.2) is 4.98 Å². The summed E-state index contributed by atoms with van der Waals surface area (Å²) in [6.45, 7) is 2.59. The molecule has 0 radical (unpaired) electrons. The summed E-state index contributed by atoms with van der Waals surface area (Å²) in [5, 5.41) is 14.2. The molecule has 0 aliphatic heterocycles. The quantitative estimate of drug-likeness (QED) is 0.783. The van der Waals surface area contributed by atoms with E-state index in [9.17, 15) is 9.59 Å². The second-order valence-corrected chi connectivity index (χ2v) is 5.22. The summed E-state index contributed by atoms with van der Waals surface area (Å²) in [5.41, 5.74) is 2.24. The van der Waals surface area contributed by atoms with Crippen molar-refractivity contribution in [2.45, 2.75) is 6.92 Å². The number of carbonyl (C=O) groups excluding carboxylic acids is 2. The predicted octanol–water partition coefficient (Wildman–Crippen LogP) is 1.89. The Morgan fingerprint density at radius 3 is 2.68 bits per heavy atom. The van der Waals surface area contributed by atoms with Crippen molar-refractivity contribution < 1.29 is 14.3 Å². The van der Waals surface area contributed by atoms with E-state index in [-0.39, 0.29) is 17.5 Å². The number of nitrogens with zero attached hydrogens (tertiary/aromatic N) is 2. The first-order chi connectivity index (χ1) is 12.1. The van der Waals surface area contributed by atoms with Crippen LogP contribution in [-0.2, 0) is 4.74 Å². The van der Waals surface area contributed by atoms with Crippen molar-refractivity contribution in [2.75, 3.05) is 25.6 Å². The monoisotopic (exact) mass is 338 g/mol. The standard InChI is InChI=1S/C18H18N4O3/c1-12-15(18(24)20-8-9-25-2)4-3-5-16(12)22-17(23)13-6-7-14(10-19)21-11-13/h3-7,11H,8-9H2,1-2H3,(H,20,24)(H,22,23). The van der Waals surface area contributed by atoms with Gasteiger partial charge in [-0.05, 0) is 36.8 Å². The van der Waals surface area contributed by atoms with Gasteiger partial charge in [0.25, 0.3) is 11.8 Å². The van der Waals surface area contributed by atoms with Gasteiger partial charge in [0.15, 0.2) is 0 Å². The molecule has 0 unspecified atom stereocenters. The first kappa shape index (κ1) is 18.1. The van der Waals surface area contributed by atoms with E-state index >= 15 is 0 Å². The van der Waals surface area contributed by atoms with Gasteiger partial charge in [-0.1, -0.05) is 6.07 Å². The molecular weight excluding hydrogens is 320 g/mol. The van der Waals surface area contributed by atoms with Crippen LogP contribution in [0.3, 0.4) is 0 Å². The highest BCUT2D eigenvalue weighted by molar-refractivity contribution is 6.05. The summed E-state index contributed by atoms with van der Waals surface area (Å²) in [6.07, 6.45) is 1.34. The Balaban J connectivity index is 2.14. The lowest BCUT2D eigenvalue weighted by atomic mass is 10.1. The first-order valence-electron chi connectivity index (χ1n) is 7.61. The smallest absolute Gasteiger partial charge is 0.257 e. The third kappa shape index (κ3) is 4.62. The van der Waals surface area contributed by atoms with Crippen LogP contribution in [0.25, 0.3) is 0 Å². The van der Waals surface area contributed by atoms with E-state index < -0.39 is 0 Å². The number of ether oxygens (including phenoxy) is 1. The lowest BCUT2D eigenvalue weighted by Gasteiger charge is -2.12. The number of aromatic nitrogens is 1. The highest BCUT2D eigenvalue weighted by Crippen LogP contribution is 2.19. The number of hydrogen-bond donors (Lipinski definition) is 2. The molecule has 2 amide bonds. The number of pyridine rings is 1. The van der Waals surface area contributed by atoms with Gasteiger partial charge in [-0.15, -0.1) is 0 Å². The molecule has 0 atom stereocenters. The fraction of sp³-hybridized carbons (Fsp3) is 0.222. The van der Waals surface area contributed by atoms with Gasteiger partial charge in [0, 0.05) is 31.1 Å². The second kappa shape index (κ2) is 8.57. The number of rotatable bonds is 6. The maximum Gasteiger partial charge on any atom is 0.257 e. The van der Waals surface area contributed by atoms with Crippen molar-refractivity contribution in [2.24, 2.45) is 0 Å². The SMILES string of the molecule is COCCNC(=O)c1cccc(NC(=O)c2ccc(C#N)nc2)c1C. The predicted molar refractivity (Wildman–Crippen MR) is 92.3 cm³/mol. The summed E-state index contributed by atoms with van der Waals surface area (Å²) >= 11 is 0. The average Bonchev–Trinajstić information content (AvgIpc) is 2.63. The highest BCUT2D eigenvalue weighted by atomic mass is 16.5. The molecule has 0 aliphatic rings. The lowest BCUT2D eigenvalue weighted by molar-refractivity contribution is 0.0935. The fourth-order valence-corrected chi connectivity index (χ4v) is 2.17. The van der Waals surface area contributed by atoms with E-state index in [2.05, 4.69) is 15.6 Å². The van der Waals surface area contributed by atoms with E-state index in [4.69, 9.17) is 10.00 Å². The van der Waals surface area contributed by atoms with Crippen LogP contribution in [-0.4, -0.2) is 37.1 Å². The zero-order valence-electron chi connectivity index (χ0n) is 14.0. The molecule has 2 rings (SSSR count). The van der Waals surface area contributed by atoms with Crippen LogP contribution in [0.4, 0.5) is 5.69 Å². The molecule has 1 heterocycles. The zero-order chi connectivity index (χ0) is 18.2. The molecule has 7 nitrogen and oxygen atoms in total. The van der Waals surface area contributed by atoms with Gasteiger partial charge in [-0.3, -0.25) is 9.59 Å². The Morgan fingerprint density at radius 2 is 2.04 bits per heavy atom. The summed E-state index contributed by atoms with van der Waals surface area (Å²) in [7, 11) is 1.56. The van der Waals surface area contributed by atoms with Gasteiger partial charge in [0.2, 0.25) is 0 Å². The number of benzene rings is 1. The lowest BCUT2D eigenvalue weighted by Crippen LogP contribution is -2.27. The van der Waals surface area contributed by atoms with Crippen LogP contribution in [0.1, 0.15) is 32.0 Å². The van der Waals surface area contributed by atoms with Crippen LogP contribution in [0, 0.1) is 18.3 Å². The molecule has 2 aromatic rings. The van der Waals surface area contributed by atoms with E-state index in [0.29, 0.717) is 35.5 Å². The Hall–Kier alpha value is -3.24. The molecule has 0 fully saturated rings. The van der Waals surface area contributed by atoms with Gasteiger partial charge < -0.3 is 15.4 Å². The molecule has 0 saturated carbocycles. The zero-order valence-corrected chi connectivity index (χ0v) is 14.0. The van der Waals surface area contributed by atoms with Crippen molar-refractivity contribution in [3.63, 3.8) is 0 Å².